The van der Waals surface area contributed by atoms with Gasteiger partial charge in [0.25, 0.3) is 11.9 Å². The van der Waals surface area contributed by atoms with Crippen LogP contribution in [0, 0.1) is 5.41 Å². The molecule has 1 aliphatic heterocycles. The van der Waals surface area contributed by atoms with Crippen molar-refractivity contribution in [1.82, 2.24) is 4.90 Å². The zero-order valence-corrected chi connectivity index (χ0v) is 9.50. The summed E-state index contributed by atoms with van der Waals surface area (Å²) in [5, 5.41) is 0. The monoisotopic (exact) mass is 198 g/mol. The van der Waals surface area contributed by atoms with Gasteiger partial charge in [-0.3, -0.25) is 4.79 Å². The molecule has 0 aromatic heterocycles. The minimum atomic E-state index is -0.396. The summed E-state index contributed by atoms with van der Waals surface area (Å²) >= 11 is 0. The minimum absolute atomic E-state index is 0.0810. The molecule has 80 valence electrons. The number of amides is 1. The van der Waals surface area contributed by atoms with E-state index in [1.165, 1.54) is 0 Å². The first-order valence-electron chi connectivity index (χ1n) is 4.76. The van der Waals surface area contributed by atoms with E-state index in [9.17, 15) is 4.79 Å². The van der Waals surface area contributed by atoms with E-state index in [0.29, 0.717) is 12.4 Å². The van der Waals surface area contributed by atoms with E-state index in [1.54, 1.807) is 4.90 Å². The Morgan fingerprint density at radius 3 is 2.36 bits per heavy atom. The number of ether oxygens (including phenoxy) is 1. The van der Waals surface area contributed by atoms with E-state index < -0.39 is 6.10 Å². The van der Waals surface area contributed by atoms with Crippen LogP contribution in [0.5, 0.6) is 0 Å². The highest BCUT2D eigenvalue weighted by atomic mass is 16.5. The van der Waals surface area contributed by atoms with Crippen LogP contribution in [-0.2, 0) is 9.53 Å². The standard InChI is InChI=1S/C10H18N2O2/c1-10(2,3)6-7-8(13)11-9(14-7)12(4)5/h7H,6H2,1-5H3. The number of carbonyl (C=O) groups excluding carboxylic acids is 1. The second-order valence-electron chi connectivity index (χ2n) is 5.00. The highest BCUT2D eigenvalue weighted by molar-refractivity contribution is 5.98. The van der Waals surface area contributed by atoms with Crippen LogP contribution in [0.4, 0.5) is 0 Å². The summed E-state index contributed by atoms with van der Waals surface area (Å²) in [6.45, 7) is 6.24. The molecule has 0 aromatic rings. The molecule has 4 nitrogen and oxygen atoms in total. The molecule has 0 fully saturated rings. The van der Waals surface area contributed by atoms with Gasteiger partial charge in [-0.05, 0) is 11.8 Å². The molecule has 1 atom stereocenters. The molecule has 1 heterocycles. The molecule has 0 spiro atoms. The molecule has 4 heteroatoms. The van der Waals surface area contributed by atoms with Crippen LogP contribution >= 0.6 is 0 Å². The summed E-state index contributed by atoms with van der Waals surface area (Å²) < 4.78 is 5.44. The van der Waals surface area contributed by atoms with Gasteiger partial charge in [-0.25, -0.2) is 0 Å². The first kappa shape index (κ1) is 11.0. The molecule has 0 bridgehead atoms. The lowest BCUT2D eigenvalue weighted by molar-refractivity contribution is -0.123. The van der Waals surface area contributed by atoms with E-state index in [1.807, 2.05) is 14.1 Å². The van der Waals surface area contributed by atoms with Crippen LogP contribution in [0.2, 0.25) is 0 Å². The zero-order chi connectivity index (χ0) is 10.9. The molecule has 1 rings (SSSR count). The summed E-state index contributed by atoms with van der Waals surface area (Å²) in [4.78, 5) is 17.0. The number of nitrogens with zero attached hydrogens (tertiary/aromatic N) is 2. The van der Waals surface area contributed by atoms with Crippen LogP contribution < -0.4 is 0 Å². The van der Waals surface area contributed by atoms with Crippen LogP contribution in [0.15, 0.2) is 4.99 Å². The normalized spacial score (nSPS) is 21.9. The summed E-state index contributed by atoms with van der Waals surface area (Å²) in [6, 6.07) is 0.421. The molecular formula is C10H18N2O2. The van der Waals surface area contributed by atoms with Gasteiger partial charge in [-0.2, -0.15) is 4.99 Å². The third-order valence-corrected chi connectivity index (χ3v) is 1.91. The summed E-state index contributed by atoms with van der Waals surface area (Å²) in [5.41, 5.74) is 0.0810. The topological polar surface area (TPSA) is 41.9 Å². The summed E-state index contributed by atoms with van der Waals surface area (Å²) in [6.07, 6.45) is 0.305. The molecule has 0 aromatic carbocycles. The minimum Gasteiger partial charge on any atom is -0.451 e. The van der Waals surface area contributed by atoms with Crippen LogP contribution in [0.25, 0.3) is 0 Å². The van der Waals surface area contributed by atoms with Crippen molar-refractivity contribution in [3.05, 3.63) is 0 Å². The van der Waals surface area contributed by atoms with Gasteiger partial charge < -0.3 is 9.64 Å². The van der Waals surface area contributed by atoms with Gasteiger partial charge in [0, 0.05) is 14.1 Å². The second-order valence-corrected chi connectivity index (χ2v) is 5.00. The lowest BCUT2D eigenvalue weighted by atomic mass is 9.89. The number of amidine groups is 1. The van der Waals surface area contributed by atoms with Crippen molar-refractivity contribution in [3.8, 4) is 0 Å². The lowest BCUT2D eigenvalue weighted by Gasteiger charge is -2.22. The fourth-order valence-corrected chi connectivity index (χ4v) is 1.26. The first-order valence-corrected chi connectivity index (χ1v) is 4.76. The second kappa shape index (κ2) is 3.59. The van der Waals surface area contributed by atoms with E-state index in [2.05, 4.69) is 25.8 Å². The molecule has 1 unspecified atom stereocenters. The highest BCUT2D eigenvalue weighted by Gasteiger charge is 2.33. The van der Waals surface area contributed by atoms with E-state index in [-0.39, 0.29) is 11.3 Å². The Balaban J connectivity index is 2.60. The molecule has 0 radical (unpaired) electrons. The smallest absolute Gasteiger partial charge is 0.295 e. The molecular weight excluding hydrogens is 180 g/mol. The average Bonchev–Trinajstić information content (AvgIpc) is 2.29. The molecule has 0 saturated carbocycles. The van der Waals surface area contributed by atoms with Crippen molar-refractivity contribution in [2.45, 2.75) is 33.3 Å². The maximum absolute atomic E-state index is 11.4. The maximum Gasteiger partial charge on any atom is 0.295 e. The Morgan fingerprint density at radius 1 is 1.43 bits per heavy atom. The van der Waals surface area contributed by atoms with Crippen molar-refractivity contribution >= 4 is 11.9 Å². The van der Waals surface area contributed by atoms with Crippen molar-refractivity contribution in [2.75, 3.05) is 14.1 Å². The third kappa shape index (κ3) is 2.72. The summed E-state index contributed by atoms with van der Waals surface area (Å²) in [5.74, 6) is -0.163. The Hall–Kier alpha value is -1.06. The van der Waals surface area contributed by atoms with Gasteiger partial charge >= 0.3 is 0 Å². The fourth-order valence-electron chi connectivity index (χ4n) is 1.26. The predicted molar refractivity (Wildman–Crippen MR) is 55.1 cm³/mol. The Labute approximate surface area is 84.9 Å². The van der Waals surface area contributed by atoms with Gasteiger partial charge in [0.15, 0.2) is 6.10 Å². The van der Waals surface area contributed by atoms with E-state index >= 15 is 0 Å². The van der Waals surface area contributed by atoms with Gasteiger partial charge in [0.05, 0.1) is 0 Å². The quantitative estimate of drug-likeness (QED) is 0.637. The van der Waals surface area contributed by atoms with Gasteiger partial charge in [0.1, 0.15) is 0 Å². The molecule has 0 saturated heterocycles. The number of hydrogen-bond donors (Lipinski definition) is 0. The molecule has 0 aliphatic carbocycles. The molecule has 14 heavy (non-hydrogen) atoms. The van der Waals surface area contributed by atoms with Gasteiger partial charge in [0.2, 0.25) is 0 Å². The number of aliphatic imine (C=N–C) groups is 1. The lowest BCUT2D eigenvalue weighted by Crippen LogP contribution is -2.28. The molecule has 1 aliphatic rings. The predicted octanol–water partition coefficient (Wildman–Crippen LogP) is 1.27. The Kier molecular flexibility index (Phi) is 2.83. The first-order chi connectivity index (χ1) is 6.29. The zero-order valence-electron chi connectivity index (χ0n) is 9.50. The number of hydrogen-bond acceptors (Lipinski definition) is 3. The van der Waals surface area contributed by atoms with Gasteiger partial charge in [-0.15, -0.1) is 0 Å². The largest absolute Gasteiger partial charge is 0.451 e. The van der Waals surface area contributed by atoms with Gasteiger partial charge in [-0.1, -0.05) is 20.8 Å². The molecule has 0 N–H and O–H groups in total. The highest BCUT2D eigenvalue weighted by Crippen LogP contribution is 2.25. The van der Waals surface area contributed by atoms with Crippen LogP contribution in [0.1, 0.15) is 27.2 Å². The van der Waals surface area contributed by atoms with Crippen molar-refractivity contribution in [2.24, 2.45) is 10.4 Å². The van der Waals surface area contributed by atoms with E-state index in [0.717, 1.165) is 0 Å². The third-order valence-electron chi connectivity index (χ3n) is 1.91. The van der Waals surface area contributed by atoms with Crippen molar-refractivity contribution in [1.29, 1.82) is 0 Å². The Bertz CT molecular complexity index is 264. The number of carbonyl (C=O) groups is 1. The van der Waals surface area contributed by atoms with Crippen LogP contribution in [0.3, 0.4) is 0 Å². The molecule has 1 amide bonds. The van der Waals surface area contributed by atoms with Crippen molar-refractivity contribution in [3.63, 3.8) is 0 Å². The van der Waals surface area contributed by atoms with Crippen molar-refractivity contribution < 1.29 is 9.53 Å². The average molecular weight is 198 g/mol. The van der Waals surface area contributed by atoms with Crippen LogP contribution in [-0.4, -0.2) is 37.0 Å². The SMILES string of the molecule is CN(C)C1=NC(=O)C(CC(C)(C)C)O1. The number of rotatable bonds is 1. The Morgan fingerprint density at radius 2 is 2.00 bits per heavy atom. The van der Waals surface area contributed by atoms with E-state index in [4.69, 9.17) is 4.74 Å². The maximum atomic E-state index is 11.4. The summed E-state index contributed by atoms with van der Waals surface area (Å²) in [7, 11) is 3.62. The fraction of sp³-hybridized carbons (Fsp3) is 0.800.